The van der Waals surface area contributed by atoms with Gasteiger partial charge in [0.25, 0.3) is 0 Å². The molecule has 1 aromatic rings. The van der Waals surface area contributed by atoms with Gasteiger partial charge in [0.05, 0.1) is 0 Å². The smallest absolute Gasteiger partial charge is 0.220 e. The van der Waals surface area contributed by atoms with E-state index in [1.807, 2.05) is 24.3 Å². The summed E-state index contributed by atoms with van der Waals surface area (Å²) in [7, 11) is 0. The van der Waals surface area contributed by atoms with Gasteiger partial charge in [0, 0.05) is 24.8 Å². The maximum absolute atomic E-state index is 12.0. The largest absolute Gasteiger partial charge is 0.399 e. The van der Waals surface area contributed by atoms with Crippen LogP contribution in [-0.4, -0.2) is 23.7 Å². The van der Waals surface area contributed by atoms with Crippen molar-refractivity contribution >= 4 is 11.6 Å². The minimum Gasteiger partial charge on any atom is -0.399 e. The molecule has 112 valence electrons. The highest BCUT2D eigenvalue weighted by Gasteiger charge is 2.25. The third-order valence-electron chi connectivity index (χ3n) is 3.39. The lowest BCUT2D eigenvalue weighted by atomic mass is 9.85. The van der Waals surface area contributed by atoms with Crippen LogP contribution in [0.4, 0.5) is 5.69 Å². The summed E-state index contributed by atoms with van der Waals surface area (Å²) in [5.41, 5.74) is 7.44. The number of aliphatic hydroxyl groups excluding tert-OH is 1. The van der Waals surface area contributed by atoms with Gasteiger partial charge in [0.1, 0.15) is 0 Å². The number of nitrogens with two attached hydrogens (primary N) is 1. The Morgan fingerprint density at radius 1 is 1.40 bits per heavy atom. The molecule has 1 amide bonds. The van der Waals surface area contributed by atoms with Crippen molar-refractivity contribution in [2.24, 2.45) is 5.41 Å². The van der Waals surface area contributed by atoms with Gasteiger partial charge >= 0.3 is 0 Å². The van der Waals surface area contributed by atoms with Crippen LogP contribution in [0.15, 0.2) is 24.3 Å². The predicted octanol–water partition coefficient (Wildman–Crippen LogP) is 2.11. The summed E-state index contributed by atoms with van der Waals surface area (Å²) in [5.74, 6) is 0.0146. The average Bonchev–Trinajstić information content (AvgIpc) is 2.35. The van der Waals surface area contributed by atoms with E-state index in [-0.39, 0.29) is 24.0 Å². The molecule has 0 radical (unpaired) electrons. The van der Waals surface area contributed by atoms with Crippen LogP contribution >= 0.6 is 0 Å². The molecular weight excluding hydrogens is 252 g/mol. The lowest BCUT2D eigenvalue weighted by Crippen LogP contribution is -2.44. The molecule has 0 heterocycles. The zero-order chi connectivity index (χ0) is 15.2. The van der Waals surface area contributed by atoms with Gasteiger partial charge in [0.15, 0.2) is 0 Å². The van der Waals surface area contributed by atoms with Gasteiger partial charge in [-0.25, -0.2) is 0 Å². The Labute approximate surface area is 121 Å². The topological polar surface area (TPSA) is 75.3 Å². The molecule has 1 rings (SSSR count). The number of rotatable bonds is 6. The van der Waals surface area contributed by atoms with Crippen molar-refractivity contribution in [3.05, 3.63) is 29.8 Å². The molecule has 4 heteroatoms. The van der Waals surface area contributed by atoms with Gasteiger partial charge < -0.3 is 16.2 Å². The summed E-state index contributed by atoms with van der Waals surface area (Å²) in [6.07, 6.45) is 1.68. The Morgan fingerprint density at radius 3 is 2.65 bits per heavy atom. The molecule has 0 fully saturated rings. The number of anilines is 1. The second kappa shape index (κ2) is 7.29. The molecule has 4 nitrogen and oxygen atoms in total. The van der Waals surface area contributed by atoms with Crippen molar-refractivity contribution in [1.82, 2.24) is 5.32 Å². The Hall–Kier alpha value is -1.55. The minimum absolute atomic E-state index is 0.0131. The predicted molar refractivity (Wildman–Crippen MR) is 82.3 cm³/mol. The quantitative estimate of drug-likeness (QED) is 0.698. The molecule has 0 aliphatic heterocycles. The number of aliphatic hydroxyl groups is 1. The summed E-state index contributed by atoms with van der Waals surface area (Å²) in [6.45, 7) is 6.26. The van der Waals surface area contributed by atoms with Gasteiger partial charge in [-0.05, 0) is 36.0 Å². The molecule has 0 bridgehead atoms. The van der Waals surface area contributed by atoms with Crippen molar-refractivity contribution < 1.29 is 9.90 Å². The van der Waals surface area contributed by atoms with Crippen LogP contribution in [0.5, 0.6) is 0 Å². The monoisotopic (exact) mass is 278 g/mol. The third-order valence-corrected chi connectivity index (χ3v) is 3.39. The fourth-order valence-corrected chi connectivity index (χ4v) is 2.12. The van der Waals surface area contributed by atoms with Crippen molar-refractivity contribution in [3.8, 4) is 0 Å². The van der Waals surface area contributed by atoms with Crippen molar-refractivity contribution in [1.29, 1.82) is 0 Å². The molecule has 0 spiro atoms. The van der Waals surface area contributed by atoms with E-state index < -0.39 is 0 Å². The number of aryl methyl sites for hydroxylation is 1. The first-order chi connectivity index (χ1) is 9.32. The molecule has 20 heavy (non-hydrogen) atoms. The van der Waals surface area contributed by atoms with E-state index in [9.17, 15) is 4.79 Å². The van der Waals surface area contributed by atoms with E-state index in [4.69, 9.17) is 10.8 Å². The van der Waals surface area contributed by atoms with Crippen LogP contribution in [0.1, 0.15) is 39.2 Å². The first kappa shape index (κ1) is 16.5. The Morgan fingerprint density at radius 2 is 2.10 bits per heavy atom. The lowest BCUT2D eigenvalue weighted by Gasteiger charge is -2.31. The van der Waals surface area contributed by atoms with E-state index in [1.54, 1.807) is 0 Å². The maximum Gasteiger partial charge on any atom is 0.220 e. The summed E-state index contributed by atoms with van der Waals surface area (Å²) in [6, 6.07) is 7.58. The molecule has 1 unspecified atom stereocenters. The van der Waals surface area contributed by atoms with Gasteiger partial charge in [0.2, 0.25) is 5.91 Å². The highest BCUT2D eigenvalue weighted by atomic mass is 16.3. The number of hydrogen-bond donors (Lipinski definition) is 3. The van der Waals surface area contributed by atoms with Crippen LogP contribution in [0, 0.1) is 5.41 Å². The first-order valence-electron chi connectivity index (χ1n) is 7.07. The molecule has 0 aromatic heterocycles. The molecular formula is C16H26N2O2. The van der Waals surface area contributed by atoms with Crippen LogP contribution in [0.25, 0.3) is 0 Å². The second-order valence-electron chi connectivity index (χ2n) is 6.24. The van der Waals surface area contributed by atoms with Gasteiger partial charge in [-0.3, -0.25) is 4.79 Å². The highest BCUT2D eigenvalue weighted by Crippen LogP contribution is 2.21. The van der Waals surface area contributed by atoms with E-state index in [1.165, 1.54) is 0 Å². The van der Waals surface area contributed by atoms with Crippen molar-refractivity contribution in [3.63, 3.8) is 0 Å². The summed E-state index contributed by atoms with van der Waals surface area (Å²) in [5, 5.41) is 12.1. The van der Waals surface area contributed by atoms with Crippen LogP contribution in [-0.2, 0) is 11.2 Å². The number of nitrogen functional groups attached to an aromatic ring is 1. The fraction of sp³-hybridized carbons (Fsp3) is 0.562. The van der Waals surface area contributed by atoms with E-state index in [2.05, 4.69) is 26.1 Å². The molecule has 0 saturated carbocycles. The molecule has 0 aliphatic rings. The number of benzene rings is 1. The molecule has 4 N–H and O–H groups in total. The summed E-state index contributed by atoms with van der Waals surface area (Å²) >= 11 is 0. The van der Waals surface area contributed by atoms with Crippen LogP contribution in [0.3, 0.4) is 0 Å². The number of nitrogens with one attached hydrogen (secondary N) is 1. The zero-order valence-electron chi connectivity index (χ0n) is 12.6. The number of hydrogen-bond acceptors (Lipinski definition) is 3. The fourth-order valence-electron chi connectivity index (χ4n) is 2.12. The van der Waals surface area contributed by atoms with Gasteiger partial charge in [-0.1, -0.05) is 32.9 Å². The number of carbonyl (C=O) groups excluding carboxylic acids is 1. The maximum atomic E-state index is 12.0. The van der Waals surface area contributed by atoms with E-state index in [0.29, 0.717) is 19.3 Å². The average molecular weight is 278 g/mol. The minimum atomic E-state index is -0.0600. The summed E-state index contributed by atoms with van der Waals surface area (Å²) in [4.78, 5) is 12.0. The van der Waals surface area contributed by atoms with Gasteiger partial charge in [-0.15, -0.1) is 0 Å². The number of carbonyl (C=O) groups is 1. The van der Waals surface area contributed by atoms with Crippen LogP contribution in [0.2, 0.25) is 0 Å². The van der Waals surface area contributed by atoms with Gasteiger partial charge in [-0.2, -0.15) is 0 Å². The Bertz CT molecular complexity index is 438. The highest BCUT2D eigenvalue weighted by molar-refractivity contribution is 5.76. The molecule has 0 aliphatic carbocycles. The van der Waals surface area contributed by atoms with E-state index >= 15 is 0 Å². The normalized spacial score (nSPS) is 13.0. The number of amides is 1. The van der Waals surface area contributed by atoms with E-state index in [0.717, 1.165) is 11.3 Å². The standard InChI is InChI=1S/C16H26N2O2/c1-16(2,3)14(9-10-19)18-15(20)8-7-12-5-4-6-13(17)11-12/h4-6,11,14,19H,7-10,17H2,1-3H3,(H,18,20). The Balaban J connectivity index is 2.50. The third kappa shape index (κ3) is 5.61. The molecule has 0 saturated heterocycles. The lowest BCUT2D eigenvalue weighted by molar-refractivity contribution is -0.122. The van der Waals surface area contributed by atoms with Crippen molar-refractivity contribution in [2.45, 2.75) is 46.1 Å². The van der Waals surface area contributed by atoms with Crippen LogP contribution < -0.4 is 11.1 Å². The molecule has 1 aromatic carbocycles. The Kier molecular flexibility index (Phi) is 6.02. The second-order valence-corrected chi connectivity index (χ2v) is 6.24. The molecule has 1 atom stereocenters. The summed E-state index contributed by atoms with van der Waals surface area (Å²) < 4.78 is 0. The first-order valence-corrected chi connectivity index (χ1v) is 7.07. The SMILES string of the molecule is CC(C)(C)C(CCO)NC(=O)CCc1cccc(N)c1. The zero-order valence-corrected chi connectivity index (χ0v) is 12.6. The van der Waals surface area contributed by atoms with Crippen molar-refractivity contribution in [2.75, 3.05) is 12.3 Å².